The Hall–Kier alpha value is -1.09. The number of rotatable bonds is 3. The van der Waals surface area contributed by atoms with E-state index in [1.54, 1.807) is 24.3 Å². The molecule has 2 aromatic carbocycles. The molecule has 0 aliphatic heterocycles. The van der Waals surface area contributed by atoms with Crippen molar-refractivity contribution in [3.05, 3.63) is 63.7 Å². The summed E-state index contributed by atoms with van der Waals surface area (Å²) in [5, 5.41) is 20.9. The molecule has 5 nitrogen and oxygen atoms in total. The normalized spacial score (nSPS) is 11.2. The molecule has 2 N–H and O–H groups in total. The summed E-state index contributed by atoms with van der Waals surface area (Å²) in [6, 6.07) is 8.80. The van der Waals surface area contributed by atoms with Crippen LogP contribution >= 0.6 is 43.4 Å². The van der Waals surface area contributed by atoms with Crippen LogP contribution in [0.2, 0.25) is 10.0 Å². The van der Waals surface area contributed by atoms with Gasteiger partial charge in [-0.25, -0.2) is 0 Å². The van der Waals surface area contributed by atoms with Gasteiger partial charge in [-0.05, 0) is 0 Å². The summed E-state index contributed by atoms with van der Waals surface area (Å²) in [7, 11) is 0. The topological polar surface area (TPSA) is 83.6 Å². The second-order valence-electron chi connectivity index (χ2n) is 3.69. The molecule has 0 heterocycles. The minimum absolute atomic E-state index is 0.0847. The van der Waals surface area contributed by atoms with Gasteiger partial charge in [0.05, 0.1) is 0 Å². The third-order valence-electron chi connectivity index (χ3n) is 2.42. The van der Waals surface area contributed by atoms with Crippen molar-refractivity contribution in [2.75, 3.05) is 0 Å². The zero-order valence-electron chi connectivity index (χ0n) is 9.76. The molecule has 0 spiro atoms. The number of nitro groups is 1. The second-order valence-corrected chi connectivity index (χ2v) is 8.34. The van der Waals surface area contributed by atoms with Gasteiger partial charge in [0, 0.05) is 0 Å². The quantitative estimate of drug-likeness (QED) is 0.439. The molecular formula is C12H8Cl2INO4. The van der Waals surface area contributed by atoms with E-state index >= 15 is 0 Å². The van der Waals surface area contributed by atoms with Gasteiger partial charge in [-0.1, -0.05) is 0 Å². The van der Waals surface area contributed by atoms with Crippen LogP contribution in [0, 0.1) is 17.3 Å². The number of nitro benzene ring substituents is 1. The molecule has 8 heteroatoms. The van der Waals surface area contributed by atoms with Crippen LogP contribution in [0.5, 0.6) is 5.75 Å². The van der Waals surface area contributed by atoms with E-state index in [2.05, 4.69) is 0 Å². The van der Waals surface area contributed by atoms with Crippen molar-refractivity contribution in [2.24, 2.45) is 0 Å². The summed E-state index contributed by atoms with van der Waals surface area (Å²) in [5.41, 5.74) is -0.286. The van der Waals surface area contributed by atoms with Crippen LogP contribution in [0.25, 0.3) is 0 Å². The van der Waals surface area contributed by atoms with Gasteiger partial charge in [0.2, 0.25) is 0 Å². The summed E-state index contributed by atoms with van der Waals surface area (Å²) in [6.45, 7) is 0. The Kier molecular flexibility index (Phi) is 4.69. The molecule has 0 aliphatic carbocycles. The number of non-ortho nitro benzene ring substituents is 1. The van der Waals surface area contributed by atoms with Crippen molar-refractivity contribution in [2.45, 2.75) is 0 Å². The fraction of sp³-hybridized carbons (Fsp3) is 0. The average molecular weight is 428 g/mol. The number of halogens is 3. The van der Waals surface area contributed by atoms with Crippen LogP contribution in [-0.2, 0) is 0 Å². The van der Waals surface area contributed by atoms with Gasteiger partial charge in [-0.2, -0.15) is 0 Å². The molecule has 0 saturated heterocycles. The number of benzene rings is 2. The molecule has 2 aromatic rings. The first-order valence-electron chi connectivity index (χ1n) is 5.22. The van der Waals surface area contributed by atoms with E-state index in [1.807, 2.05) is 0 Å². The predicted molar refractivity (Wildman–Crippen MR) is 84.9 cm³/mol. The van der Waals surface area contributed by atoms with Crippen molar-refractivity contribution >= 4 is 49.1 Å². The van der Waals surface area contributed by atoms with E-state index in [9.17, 15) is 18.7 Å². The van der Waals surface area contributed by atoms with Crippen molar-refractivity contribution in [1.82, 2.24) is 0 Å². The standard InChI is InChI=1S/C12H8Cl2INO4/c13-8-3-1-2-4-10(8)15(18)11-6-7(16(19)20)5-9(14)12(11)17/h1-6,17-18H. The van der Waals surface area contributed by atoms with E-state index in [-0.39, 0.29) is 20.0 Å². The zero-order chi connectivity index (χ0) is 14.9. The number of hydrogen-bond donors (Lipinski definition) is 2. The van der Waals surface area contributed by atoms with Crippen LogP contribution < -0.4 is 0 Å². The first-order chi connectivity index (χ1) is 9.41. The fourth-order valence-corrected chi connectivity index (χ4v) is 5.68. The van der Waals surface area contributed by atoms with E-state index < -0.39 is 25.2 Å². The predicted octanol–water partition coefficient (Wildman–Crippen LogP) is 4.06. The van der Waals surface area contributed by atoms with E-state index in [0.717, 1.165) is 12.1 Å². The zero-order valence-corrected chi connectivity index (χ0v) is 13.4. The Labute approximate surface area is 131 Å². The van der Waals surface area contributed by atoms with Crippen LogP contribution in [-0.4, -0.2) is 13.5 Å². The maximum absolute atomic E-state index is 10.8. The van der Waals surface area contributed by atoms with Gasteiger partial charge in [0.15, 0.2) is 0 Å². The van der Waals surface area contributed by atoms with Gasteiger partial charge in [0.1, 0.15) is 0 Å². The van der Waals surface area contributed by atoms with Crippen molar-refractivity contribution < 1.29 is 13.5 Å². The van der Waals surface area contributed by atoms with Crippen LogP contribution in [0.15, 0.2) is 36.4 Å². The van der Waals surface area contributed by atoms with Gasteiger partial charge in [0.25, 0.3) is 0 Å². The van der Waals surface area contributed by atoms with Crippen LogP contribution in [0.4, 0.5) is 5.69 Å². The SMILES string of the molecule is O=[N+]([O-])c1cc(Cl)c(O)c(I(O)c2ccccc2Cl)c1. The monoisotopic (exact) mass is 427 g/mol. The molecule has 0 atom stereocenters. The Balaban J connectivity index is 2.57. The molecule has 20 heavy (non-hydrogen) atoms. The fourth-order valence-electron chi connectivity index (χ4n) is 1.49. The Morgan fingerprint density at radius 1 is 1.10 bits per heavy atom. The van der Waals surface area contributed by atoms with Crippen LogP contribution in [0.3, 0.4) is 0 Å². The van der Waals surface area contributed by atoms with Gasteiger partial charge in [-0.3, -0.25) is 0 Å². The molecule has 2 rings (SSSR count). The molecular weight excluding hydrogens is 420 g/mol. The molecule has 0 fully saturated rings. The maximum atomic E-state index is 10.8. The summed E-state index contributed by atoms with van der Waals surface area (Å²) in [4.78, 5) is 10.2. The first-order valence-corrected chi connectivity index (χ1v) is 9.10. The van der Waals surface area contributed by atoms with Gasteiger partial charge < -0.3 is 0 Å². The molecule has 0 bridgehead atoms. The molecule has 0 aliphatic rings. The molecule has 106 valence electrons. The number of aromatic hydroxyl groups is 1. The first kappa shape index (κ1) is 15.3. The Bertz CT molecular complexity index is 681. The van der Waals surface area contributed by atoms with E-state index in [4.69, 9.17) is 23.2 Å². The summed E-state index contributed by atoms with van der Waals surface area (Å²) >= 11 is 8.69. The van der Waals surface area contributed by atoms with Crippen molar-refractivity contribution in [3.63, 3.8) is 0 Å². The van der Waals surface area contributed by atoms with Crippen LogP contribution in [0.1, 0.15) is 0 Å². The summed E-state index contributed by atoms with van der Waals surface area (Å²) < 4.78 is 11.0. The molecule has 0 saturated carbocycles. The van der Waals surface area contributed by atoms with Gasteiger partial charge in [-0.15, -0.1) is 0 Å². The summed E-state index contributed by atoms with van der Waals surface area (Å²) in [5.74, 6) is -0.343. The van der Waals surface area contributed by atoms with Crippen molar-refractivity contribution in [3.8, 4) is 5.75 Å². The minimum atomic E-state index is -3.06. The number of hydrogen-bond acceptors (Lipinski definition) is 4. The Morgan fingerprint density at radius 3 is 2.35 bits per heavy atom. The van der Waals surface area contributed by atoms with Gasteiger partial charge >= 0.3 is 132 Å². The molecule has 0 unspecified atom stereocenters. The molecule has 0 radical (unpaired) electrons. The number of nitrogens with zero attached hydrogens (tertiary/aromatic N) is 1. The Morgan fingerprint density at radius 2 is 1.75 bits per heavy atom. The number of phenolic OH excluding ortho intramolecular Hbond substituents is 1. The van der Waals surface area contributed by atoms with E-state index in [1.165, 1.54) is 0 Å². The van der Waals surface area contributed by atoms with E-state index in [0.29, 0.717) is 8.59 Å². The number of phenols is 1. The molecule has 0 aromatic heterocycles. The average Bonchev–Trinajstić information content (AvgIpc) is 2.41. The second kappa shape index (κ2) is 6.13. The molecule has 0 amide bonds. The summed E-state index contributed by atoms with van der Waals surface area (Å²) in [6.07, 6.45) is 0. The third-order valence-corrected chi connectivity index (χ3v) is 7.32. The van der Waals surface area contributed by atoms with Crippen molar-refractivity contribution in [1.29, 1.82) is 0 Å². The third kappa shape index (κ3) is 2.98.